The first-order valence-corrected chi connectivity index (χ1v) is 12.8. The molecule has 0 aliphatic carbocycles. The third-order valence-corrected chi connectivity index (χ3v) is 8.41. The molecule has 0 spiro atoms. The summed E-state index contributed by atoms with van der Waals surface area (Å²) in [5, 5.41) is 4.65. The molecule has 0 saturated carbocycles. The van der Waals surface area contributed by atoms with Crippen molar-refractivity contribution in [2.75, 3.05) is 24.5 Å². The highest BCUT2D eigenvalue weighted by atomic mass is 32.2. The zero-order valence-corrected chi connectivity index (χ0v) is 20.4. The summed E-state index contributed by atoms with van der Waals surface area (Å²) in [6.45, 7) is 8.98. The lowest BCUT2D eigenvalue weighted by Gasteiger charge is -2.20. The van der Waals surface area contributed by atoms with Crippen LogP contribution in [0.4, 0.5) is 5.69 Å². The summed E-state index contributed by atoms with van der Waals surface area (Å²) in [5.41, 5.74) is 5.37. The van der Waals surface area contributed by atoms with E-state index in [4.69, 9.17) is 0 Å². The Morgan fingerprint density at radius 2 is 1.76 bits per heavy atom. The molecule has 0 N–H and O–H groups in total. The molecule has 0 radical (unpaired) electrons. The number of anilines is 1. The second-order valence-corrected chi connectivity index (χ2v) is 10.2. The number of para-hydroxylation sites is 1. The highest BCUT2D eigenvalue weighted by Gasteiger charge is 2.29. The van der Waals surface area contributed by atoms with E-state index in [1.54, 1.807) is 23.1 Å². The Labute approximate surface area is 195 Å². The first kappa shape index (κ1) is 23.2. The van der Waals surface area contributed by atoms with Crippen molar-refractivity contribution in [2.45, 2.75) is 45.4 Å². The third-order valence-electron chi connectivity index (χ3n) is 6.36. The lowest BCUT2D eigenvalue weighted by atomic mass is 10.1. The molecule has 4 rings (SSSR count). The van der Waals surface area contributed by atoms with Crippen LogP contribution in [-0.2, 0) is 27.7 Å². The van der Waals surface area contributed by atoms with E-state index in [9.17, 15) is 13.2 Å². The fraction of sp³-hybridized carbons (Fsp3) is 0.360. The summed E-state index contributed by atoms with van der Waals surface area (Å²) in [6, 6.07) is 15.0. The first-order chi connectivity index (χ1) is 15.8. The molecule has 7 nitrogen and oxygen atoms in total. The lowest BCUT2D eigenvalue weighted by molar-refractivity contribution is -0.117. The van der Waals surface area contributed by atoms with Gasteiger partial charge in [-0.15, -0.1) is 0 Å². The number of sulfonamides is 1. The molecule has 3 aromatic rings. The van der Waals surface area contributed by atoms with Gasteiger partial charge in [0.25, 0.3) is 0 Å². The van der Waals surface area contributed by atoms with Crippen LogP contribution in [0.25, 0.3) is 5.69 Å². The van der Waals surface area contributed by atoms with Crippen LogP contribution < -0.4 is 4.90 Å². The fourth-order valence-corrected chi connectivity index (χ4v) is 6.02. The number of hydrogen-bond donors (Lipinski definition) is 0. The van der Waals surface area contributed by atoms with Crippen molar-refractivity contribution in [3.63, 3.8) is 0 Å². The zero-order chi connectivity index (χ0) is 23.8. The second kappa shape index (κ2) is 9.11. The van der Waals surface area contributed by atoms with Gasteiger partial charge >= 0.3 is 0 Å². The number of aromatic nitrogens is 2. The van der Waals surface area contributed by atoms with Gasteiger partial charge in [-0.2, -0.15) is 9.40 Å². The van der Waals surface area contributed by atoms with Crippen molar-refractivity contribution < 1.29 is 13.2 Å². The van der Waals surface area contributed by atoms with Crippen molar-refractivity contribution in [1.29, 1.82) is 0 Å². The van der Waals surface area contributed by atoms with Gasteiger partial charge in [0.15, 0.2) is 0 Å². The van der Waals surface area contributed by atoms with Crippen molar-refractivity contribution in [2.24, 2.45) is 0 Å². The smallest absolute Gasteiger partial charge is 0.243 e. The Hall–Kier alpha value is -2.97. The molecule has 1 aliphatic rings. The van der Waals surface area contributed by atoms with Crippen LogP contribution in [-0.4, -0.2) is 48.0 Å². The zero-order valence-electron chi connectivity index (χ0n) is 19.6. The maximum atomic E-state index is 13.3. The Kier molecular flexibility index (Phi) is 6.41. The Bertz CT molecular complexity index is 1280. The topological polar surface area (TPSA) is 75.5 Å². The molecular weight excluding hydrogens is 436 g/mol. The molecule has 1 aromatic heterocycles. The van der Waals surface area contributed by atoms with E-state index in [1.165, 1.54) is 4.31 Å². The monoisotopic (exact) mass is 466 g/mol. The second-order valence-electron chi connectivity index (χ2n) is 8.25. The first-order valence-electron chi connectivity index (χ1n) is 11.3. The Morgan fingerprint density at radius 1 is 1.06 bits per heavy atom. The molecule has 2 heterocycles. The average molecular weight is 467 g/mol. The van der Waals surface area contributed by atoms with Gasteiger partial charge in [-0.05, 0) is 56.2 Å². The number of hydrogen-bond acceptors (Lipinski definition) is 4. The summed E-state index contributed by atoms with van der Waals surface area (Å²) < 4.78 is 29.1. The summed E-state index contributed by atoms with van der Waals surface area (Å²) >= 11 is 0. The van der Waals surface area contributed by atoms with Crippen LogP contribution in [0.5, 0.6) is 0 Å². The van der Waals surface area contributed by atoms with E-state index in [2.05, 4.69) is 5.10 Å². The van der Waals surface area contributed by atoms with Crippen LogP contribution in [0.3, 0.4) is 0 Å². The summed E-state index contributed by atoms with van der Waals surface area (Å²) in [6.07, 6.45) is 0.896. The van der Waals surface area contributed by atoms with Crippen LogP contribution in [0.1, 0.15) is 36.4 Å². The Morgan fingerprint density at radius 3 is 2.42 bits per heavy atom. The normalized spacial score (nSPS) is 13.5. The Balaban J connectivity index is 1.58. The van der Waals surface area contributed by atoms with Crippen LogP contribution in [0.2, 0.25) is 0 Å². The summed E-state index contributed by atoms with van der Waals surface area (Å²) in [7, 11) is -3.53. The number of rotatable bonds is 7. The number of benzene rings is 2. The number of fused-ring (bicyclic) bond motifs is 1. The van der Waals surface area contributed by atoms with Gasteiger partial charge in [0.1, 0.15) is 0 Å². The minimum Gasteiger partial charge on any atom is -0.312 e. The average Bonchev–Trinajstić information content (AvgIpc) is 3.36. The van der Waals surface area contributed by atoms with Gasteiger partial charge < -0.3 is 4.90 Å². The SMILES string of the molecule is CCN(CC)S(=O)(=O)c1ccc2c(c1)CCN2C(=O)Cc1c(C)nn(-c2ccccc2)c1C. The van der Waals surface area contributed by atoms with Gasteiger partial charge in [-0.25, -0.2) is 13.1 Å². The van der Waals surface area contributed by atoms with Crippen LogP contribution in [0.15, 0.2) is 53.4 Å². The molecule has 0 unspecified atom stereocenters. The third kappa shape index (κ3) is 4.20. The number of carbonyl (C=O) groups excluding carboxylic acids is 1. The molecule has 33 heavy (non-hydrogen) atoms. The van der Waals surface area contributed by atoms with Crippen molar-refractivity contribution >= 4 is 21.6 Å². The predicted molar refractivity (Wildman–Crippen MR) is 129 cm³/mol. The van der Waals surface area contributed by atoms with E-state index in [0.29, 0.717) is 26.1 Å². The highest BCUT2D eigenvalue weighted by molar-refractivity contribution is 7.89. The van der Waals surface area contributed by atoms with Gasteiger partial charge in [-0.3, -0.25) is 4.79 Å². The summed E-state index contributed by atoms with van der Waals surface area (Å²) in [5.74, 6) is -0.00749. The van der Waals surface area contributed by atoms with E-state index < -0.39 is 10.0 Å². The van der Waals surface area contributed by atoms with Crippen LogP contribution in [0, 0.1) is 13.8 Å². The maximum absolute atomic E-state index is 13.3. The molecule has 174 valence electrons. The van der Waals surface area contributed by atoms with Crippen molar-refractivity contribution in [3.8, 4) is 5.69 Å². The molecule has 1 amide bonds. The van der Waals surface area contributed by atoms with Crippen molar-refractivity contribution in [3.05, 3.63) is 71.0 Å². The summed E-state index contributed by atoms with van der Waals surface area (Å²) in [4.78, 5) is 15.3. The van der Waals surface area contributed by atoms with Gasteiger partial charge in [0, 0.05) is 36.6 Å². The van der Waals surface area contributed by atoms with E-state index in [1.807, 2.05) is 62.7 Å². The molecule has 0 bridgehead atoms. The number of nitrogens with zero attached hydrogens (tertiary/aromatic N) is 4. The molecule has 0 saturated heterocycles. The number of aryl methyl sites for hydroxylation is 1. The quantitative estimate of drug-likeness (QED) is 0.533. The number of amides is 1. The van der Waals surface area contributed by atoms with Gasteiger partial charge in [0.05, 0.1) is 22.7 Å². The van der Waals surface area contributed by atoms with Crippen molar-refractivity contribution in [1.82, 2.24) is 14.1 Å². The standard InChI is InChI=1S/C25H30N4O3S/c1-5-27(6-2)33(31,32)22-12-13-24-20(16-22)14-15-28(24)25(30)17-23-18(3)26-29(19(23)4)21-10-8-7-9-11-21/h7-13,16H,5-6,14-15,17H2,1-4H3. The molecular formula is C25H30N4O3S. The minimum atomic E-state index is -3.53. The van der Waals surface area contributed by atoms with E-state index in [0.717, 1.165) is 33.9 Å². The van der Waals surface area contributed by atoms with E-state index in [-0.39, 0.29) is 17.2 Å². The molecule has 0 fully saturated rings. The molecule has 2 aromatic carbocycles. The predicted octanol–water partition coefficient (Wildman–Crippen LogP) is 3.65. The maximum Gasteiger partial charge on any atom is 0.243 e. The number of carbonyl (C=O) groups is 1. The van der Waals surface area contributed by atoms with Gasteiger partial charge in [0.2, 0.25) is 15.9 Å². The molecule has 0 atom stereocenters. The van der Waals surface area contributed by atoms with Gasteiger partial charge in [-0.1, -0.05) is 32.0 Å². The minimum absolute atomic E-state index is 0.00749. The lowest BCUT2D eigenvalue weighted by Crippen LogP contribution is -2.31. The van der Waals surface area contributed by atoms with Crippen LogP contribution >= 0.6 is 0 Å². The van der Waals surface area contributed by atoms with E-state index >= 15 is 0 Å². The molecule has 8 heteroatoms. The fourth-order valence-electron chi connectivity index (χ4n) is 4.51. The largest absolute Gasteiger partial charge is 0.312 e. The molecule has 1 aliphatic heterocycles. The highest BCUT2D eigenvalue weighted by Crippen LogP contribution is 2.32.